The Morgan fingerprint density at radius 3 is 2.48 bits per heavy atom. The molecular formula is C14H15N3O4. The van der Waals surface area contributed by atoms with Gasteiger partial charge in [0.15, 0.2) is 0 Å². The molecule has 7 nitrogen and oxygen atoms in total. The Hall–Kier alpha value is -2.70. The first kappa shape index (κ1) is 14.7. The first-order valence-corrected chi connectivity index (χ1v) is 6.41. The number of aliphatic carboxylic acids is 1. The van der Waals surface area contributed by atoms with E-state index in [0.29, 0.717) is 23.4 Å². The van der Waals surface area contributed by atoms with Crippen molar-refractivity contribution in [2.45, 2.75) is 19.4 Å². The third kappa shape index (κ3) is 3.07. The molecule has 0 fully saturated rings. The lowest BCUT2D eigenvalue weighted by atomic mass is 10.1. The van der Waals surface area contributed by atoms with E-state index in [4.69, 9.17) is 9.52 Å². The van der Waals surface area contributed by atoms with E-state index < -0.39 is 12.0 Å². The number of nitrogens with zero attached hydrogens (tertiary/aromatic N) is 3. The number of carbonyl (C=O) groups excluding carboxylic acids is 1. The van der Waals surface area contributed by atoms with Gasteiger partial charge in [0, 0.05) is 18.2 Å². The van der Waals surface area contributed by atoms with Crippen molar-refractivity contribution in [3.05, 3.63) is 36.2 Å². The highest BCUT2D eigenvalue weighted by Crippen LogP contribution is 2.18. The predicted octanol–water partition coefficient (Wildman–Crippen LogP) is 1.67. The van der Waals surface area contributed by atoms with Gasteiger partial charge in [0.1, 0.15) is 6.04 Å². The van der Waals surface area contributed by atoms with Gasteiger partial charge in [-0.3, -0.25) is 4.79 Å². The van der Waals surface area contributed by atoms with Crippen LogP contribution in [0.1, 0.15) is 23.7 Å². The molecule has 2 rings (SSSR count). The van der Waals surface area contributed by atoms with E-state index in [1.54, 1.807) is 31.2 Å². The number of hydrogen-bond donors (Lipinski definition) is 1. The smallest absolute Gasteiger partial charge is 0.326 e. The minimum absolute atomic E-state index is 0.345. The number of rotatable bonds is 5. The Kier molecular flexibility index (Phi) is 4.32. The molecule has 0 aliphatic carbocycles. The fraction of sp³-hybridized carbons (Fsp3) is 0.286. The van der Waals surface area contributed by atoms with Crippen LogP contribution in [0.5, 0.6) is 0 Å². The van der Waals surface area contributed by atoms with Crippen LogP contribution < -0.4 is 0 Å². The summed E-state index contributed by atoms with van der Waals surface area (Å²) >= 11 is 0. The highest BCUT2D eigenvalue weighted by molar-refractivity contribution is 5.96. The van der Waals surface area contributed by atoms with E-state index in [0.717, 1.165) is 0 Å². The topological polar surface area (TPSA) is 96.5 Å². The molecule has 21 heavy (non-hydrogen) atoms. The summed E-state index contributed by atoms with van der Waals surface area (Å²) in [5.74, 6) is -1.00. The Morgan fingerprint density at radius 2 is 2.00 bits per heavy atom. The van der Waals surface area contributed by atoms with Gasteiger partial charge in [-0.05, 0) is 30.7 Å². The van der Waals surface area contributed by atoms with Gasteiger partial charge >= 0.3 is 5.97 Å². The summed E-state index contributed by atoms with van der Waals surface area (Å²) < 4.78 is 5.06. The molecular weight excluding hydrogens is 274 g/mol. The lowest BCUT2D eigenvalue weighted by Crippen LogP contribution is -2.41. The summed E-state index contributed by atoms with van der Waals surface area (Å²) in [5, 5.41) is 16.4. The third-order valence-corrected chi connectivity index (χ3v) is 3.20. The molecule has 0 aliphatic heterocycles. The maximum Gasteiger partial charge on any atom is 0.326 e. The molecule has 2 aromatic rings. The summed E-state index contributed by atoms with van der Waals surface area (Å²) in [5.41, 5.74) is 1.09. The predicted molar refractivity (Wildman–Crippen MR) is 73.5 cm³/mol. The second kappa shape index (κ2) is 6.17. The number of likely N-dealkylation sites (N-methyl/N-ethyl adjacent to an activating group) is 1. The van der Waals surface area contributed by atoms with Gasteiger partial charge in [-0.15, -0.1) is 10.2 Å². The highest BCUT2D eigenvalue weighted by Gasteiger charge is 2.25. The third-order valence-electron chi connectivity index (χ3n) is 3.20. The van der Waals surface area contributed by atoms with E-state index >= 15 is 0 Å². The molecule has 1 unspecified atom stereocenters. The van der Waals surface area contributed by atoms with Crippen LogP contribution in [0, 0.1) is 0 Å². The Labute approximate surface area is 121 Å². The number of carbonyl (C=O) groups is 2. The number of aromatic nitrogens is 2. The van der Waals surface area contributed by atoms with Crippen LogP contribution >= 0.6 is 0 Å². The Bertz CT molecular complexity index is 622. The van der Waals surface area contributed by atoms with Gasteiger partial charge in [0.25, 0.3) is 5.91 Å². The quantitative estimate of drug-likeness (QED) is 0.899. The van der Waals surface area contributed by atoms with Crippen LogP contribution in [0.15, 0.2) is 35.1 Å². The maximum atomic E-state index is 12.3. The zero-order chi connectivity index (χ0) is 15.4. The summed E-state index contributed by atoms with van der Waals surface area (Å²) in [6, 6.07) is 5.72. The zero-order valence-electron chi connectivity index (χ0n) is 11.7. The van der Waals surface area contributed by atoms with E-state index in [-0.39, 0.29) is 5.91 Å². The van der Waals surface area contributed by atoms with Crippen molar-refractivity contribution in [1.29, 1.82) is 0 Å². The van der Waals surface area contributed by atoms with Gasteiger partial charge < -0.3 is 14.4 Å². The van der Waals surface area contributed by atoms with Crippen LogP contribution in [0.4, 0.5) is 0 Å². The molecule has 0 saturated heterocycles. The van der Waals surface area contributed by atoms with Crippen molar-refractivity contribution in [1.82, 2.24) is 15.1 Å². The molecule has 1 amide bonds. The van der Waals surface area contributed by atoms with Crippen molar-refractivity contribution >= 4 is 11.9 Å². The fourth-order valence-electron chi connectivity index (χ4n) is 2.01. The van der Waals surface area contributed by atoms with Gasteiger partial charge in [-0.25, -0.2) is 4.79 Å². The van der Waals surface area contributed by atoms with E-state index in [1.807, 2.05) is 0 Å². The zero-order valence-corrected chi connectivity index (χ0v) is 11.7. The number of hydrogen-bond acceptors (Lipinski definition) is 5. The first-order valence-electron chi connectivity index (χ1n) is 6.41. The molecule has 1 atom stereocenters. The van der Waals surface area contributed by atoms with E-state index in [2.05, 4.69) is 10.2 Å². The lowest BCUT2D eigenvalue weighted by Gasteiger charge is -2.23. The minimum Gasteiger partial charge on any atom is -0.480 e. The molecule has 1 heterocycles. The van der Waals surface area contributed by atoms with Crippen molar-refractivity contribution in [2.75, 3.05) is 7.05 Å². The summed E-state index contributed by atoms with van der Waals surface area (Å²) in [7, 11) is 1.48. The molecule has 0 radical (unpaired) electrons. The summed E-state index contributed by atoms with van der Waals surface area (Å²) in [6.07, 6.45) is 1.57. The van der Waals surface area contributed by atoms with E-state index in [9.17, 15) is 9.59 Å². The summed E-state index contributed by atoms with van der Waals surface area (Å²) in [4.78, 5) is 24.6. The number of amides is 1. The molecule has 0 aliphatic rings. The van der Waals surface area contributed by atoms with Gasteiger partial charge in [-0.1, -0.05) is 6.92 Å². The van der Waals surface area contributed by atoms with Crippen LogP contribution in [0.25, 0.3) is 11.5 Å². The van der Waals surface area contributed by atoms with Crippen molar-refractivity contribution < 1.29 is 19.1 Å². The average molecular weight is 289 g/mol. The van der Waals surface area contributed by atoms with Gasteiger partial charge in [-0.2, -0.15) is 0 Å². The minimum atomic E-state index is -1.02. The average Bonchev–Trinajstić information content (AvgIpc) is 3.01. The largest absolute Gasteiger partial charge is 0.480 e. The highest BCUT2D eigenvalue weighted by atomic mass is 16.4. The van der Waals surface area contributed by atoms with Gasteiger partial charge in [0.05, 0.1) is 0 Å². The Balaban J connectivity index is 2.18. The second-order valence-electron chi connectivity index (χ2n) is 4.50. The molecule has 1 aromatic carbocycles. The standard InChI is InChI=1S/C14H15N3O4/c1-3-11(14(19)20)17(2)13(18)10-6-4-9(5-7-10)12-16-15-8-21-12/h4-8,11H,3H2,1-2H3,(H,19,20). The molecule has 7 heteroatoms. The molecule has 1 aromatic heterocycles. The van der Waals surface area contributed by atoms with Crippen molar-refractivity contribution in [3.8, 4) is 11.5 Å². The van der Waals surface area contributed by atoms with Gasteiger partial charge in [0.2, 0.25) is 12.3 Å². The van der Waals surface area contributed by atoms with Crippen LogP contribution in [-0.4, -0.2) is 45.2 Å². The number of benzene rings is 1. The van der Waals surface area contributed by atoms with E-state index in [1.165, 1.54) is 18.3 Å². The first-order chi connectivity index (χ1) is 10.0. The second-order valence-corrected chi connectivity index (χ2v) is 4.50. The fourth-order valence-corrected chi connectivity index (χ4v) is 2.01. The molecule has 0 spiro atoms. The maximum absolute atomic E-state index is 12.3. The normalized spacial score (nSPS) is 11.9. The van der Waals surface area contributed by atoms with Crippen LogP contribution in [-0.2, 0) is 4.79 Å². The molecule has 0 bridgehead atoms. The van der Waals surface area contributed by atoms with Crippen molar-refractivity contribution in [2.24, 2.45) is 0 Å². The summed E-state index contributed by atoms with van der Waals surface area (Å²) in [6.45, 7) is 1.72. The molecule has 0 saturated carbocycles. The SMILES string of the molecule is CCC(C(=O)O)N(C)C(=O)c1ccc(-c2nnco2)cc1. The monoisotopic (exact) mass is 289 g/mol. The molecule has 1 N–H and O–H groups in total. The molecule has 110 valence electrons. The van der Waals surface area contributed by atoms with Crippen LogP contribution in [0.2, 0.25) is 0 Å². The lowest BCUT2D eigenvalue weighted by molar-refractivity contribution is -0.142. The number of carboxylic acids is 1. The number of carboxylic acid groups (broad SMARTS) is 1. The van der Waals surface area contributed by atoms with Crippen molar-refractivity contribution in [3.63, 3.8) is 0 Å². The Morgan fingerprint density at radius 1 is 1.33 bits per heavy atom. The van der Waals surface area contributed by atoms with Crippen LogP contribution in [0.3, 0.4) is 0 Å².